The van der Waals surface area contributed by atoms with Crippen LogP contribution in [0.4, 0.5) is 5.69 Å². The fourth-order valence-corrected chi connectivity index (χ4v) is 2.48. The number of anilines is 1. The zero-order chi connectivity index (χ0) is 14.5. The lowest BCUT2D eigenvalue weighted by atomic mass is 10.1. The molecule has 0 saturated heterocycles. The van der Waals surface area contributed by atoms with Crippen LogP contribution in [0.25, 0.3) is 0 Å². The maximum atomic E-state index is 11.8. The van der Waals surface area contributed by atoms with Crippen molar-refractivity contribution >= 4 is 21.7 Å². The van der Waals surface area contributed by atoms with E-state index in [-0.39, 0.29) is 17.7 Å². The van der Waals surface area contributed by atoms with Gasteiger partial charge in [0.25, 0.3) is 0 Å². The van der Waals surface area contributed by atoms with Gasteiger partial charge in [-0.05, 0) is 18.6 Å². The lowest BCUT2D eigenvalue weighted by Crippen LogP contribution is -2.20. The number of ether oxygens (including phenoxy) is 1. The summed E-state index contributed by atoms with van der Waals surface area (Å²) in [4.78, 5) is 10.9. The molecule has 0 heterocycles. The number of nitrogens with one attached hydrogen (secondary N) is 1. The van der Waals surface area contributed by atoms with Gasteiger partial charge in [0, 0.05) is 0 Å². The second-order valence-electron chi connectivity index (χ2n) is 3.86. The summed E-state index contributed by atoms with van der Waals surface area (Å²) >= 11 is 0. The SMILES string of the molecule is COC(=O)CCS(=O)(=O)Nc1cccc(C)c1C#N. The summed E-state index contributed by atoms with van der Waals surface area (Å²) in [6.07, 6.45) is -0.237. The van der Waals surface area contributed by atoms with Gasteiger partial charge in [0.2, 0.25) is 10.0 Å². The number of benzene rings is 1. The molecule has 7 heteroatoms. The van der Waals surface area contributed by atoms with Gasteiger partial charge in [-0.15, -0.1) is 0 Å². The van der Waals surface area contributed by atoms with Crippen LogP contribution in [0.15, 0.2) is 18.2 Å². The molecule has 0 atom stereocenters. The lowest BCUT2D eigenvalue weighted by molar-refractivity contribution is -0.140. The molecule has 0 aliphatic rings. The Labute approximate surface area is 112 Å². The van der Waals surface area contributed by atoms with Crippen LogP contribution in [0.2, 0.25) is 0 Å². The minimum absolute atomic E-state index is 0.215. The summed E-state index contributed by atoms with van der Waals surface area (Å²) in [7, 11) is -2.50. The third-order valence-corrected chi connectivity index (χ3v) is 3.73. The summed E-state index contributed by atoms with van der Waals surface area (Å²) in [6.45, 7) is 1.71. The van der Waals surface area contributed by atoms with Crippen LogP contribution in [-0.2, 0) is 19.6 Å². The molecule has 0 radical (unpaired) electrons. The third-order valence-electron chi connectivity index (χ3n) is 2.45. The molecule has 0 fully saturated rings. The first-order chi connectivity index (χ1) is 8.89. The van der Waals surface area contributed by atoms with Crippen LogP contribution in [0.1, 0.15) is 17.5 Å². The number of sulfonamides is 1. The Morgan fingerprint density at radius 1 is 1.47 bits per heavy atom. The number of rotatable bonds is 5. The van der Waals surface area contributed by atoms with Crippen molar-refractivity contribution in [3.63, 3.8) is 0 Å². The van der Waals surface area contributed by atoms with Crippen LogP contribution >= 0.6 is 0 Å². The monoisotopic (exact) mass is 282 g/mol. The highest BCUT2D eigenvalue weighted by molar-refractivity contribution is 7.92. The standard InChI is InChI=1S/C12H14N2O4S/c1-9-4-3-5-11(10(9)8-13)14-19(16,17)7-6-12(15)18-2/h3-5,14H,6-7H2,1-2H3. The summed E-state index contributed by atoms with van der Waals surface area (Å²) < 4.78 is 30.2. The van der Waals surface area contributed by atoms with Crippen molar-refractivity contribution in [2.45, 2.75) is 13.3 Å². The molecule has 0 saturated carbocycles. The number of hydrogen-bond donors (Lipinski definition) is 1. The molecule has 1 N–H and O–H groups in total. The van der Waals surface area contributed by atoms with E-state index >= 15 is 0 Å². The molecule has 1 rings (SSSR count). The van der Waals surface area contributed by atoms with Crippen molar-refractivity contribution in [1.82, 2.24) is 0 Å². The molecule has 0 unspecified atom stereocenters. The first-order valence-electron chi connectivity index (χ1n) is 5.46. The van der Waals surface area contributed by atoms with E-state index in [0.29, 0.717) is 5.56 Å². The van der Waals surface area contributed by atoms with Crippen LogP contribution in [-0.4, -0.2) is 27.2 Å². The van der Waals surface area contributed by atoms with Gasteiger partial charge in [-0.25, -0.2) is 8.42 Å². The number of methoxy groups -OCH3 is 1. The Morgan fingerprint density at radius 2 is 2.16 bits per heavy atom. The second-order valence-corrected chi connectivity index (χ2v) is 5.70. The largest absolute Gasteiger partial charge is 0.469 e. The van der Waals surface area contributed by atoms with E-state index in [1.54, 1.807) is 19.1 Å². The molecule has 0 aliphatic carbocycles. The predicted molar refractivity (Wildman–Crippen MR) is 69.9 cm³/mol. The van der Waals surface area contributed by atoms with E-state index in [4.69, 9.17) is 5.26 Å². The van der Waals surface area contributed by atoms with E-state index < -0.39 is 21.7 Å². The molecule has 0 amide bonds. The van der Waals surface area contributed by atoms with Gasteiger partial charge in [0.1, 0.15) is 6.07 Å². The van der Waals surface area contributed by atoms with Gasteiger partial charge in [-0.3, -0.25) is 9.52 Å². The van der Waals surface area contributed by atoms with Crippen molar-refractivity contribution in [2.75, 3.05) is 17.6 Å². The van der Waals surface area contributed by atoms with Gasteiger partial charge in [0.05, 0.1) is 30.5 Å². The first-order valence-corrected chi connectivity index (χ1v) is 7.12. The molecule has 0 spiro atoms. The second kappa shape index (κ2) is 6.20. The van der Waals surface area contributed by atoms with Gasteiger partial charge in [0.15, 0.2) is 0 Å². The average Bonchev–Trinajstić information content (AvgIpc) is 2.36. The molecule has 1 aromatic carbocycles. The number of carbonyl (C=O) groups excluding carboxylic acids is 1. The summed E-state index contributed by atoms with van der Waals surface area (Å²) in [5, 5.41) is 8.99. The Hall–Kier alpha value is -2.07. The van der Waals surface area contributed by atoms with E-state index in [1.807, 2.05) is 6.07 Å². The van der Waals surface area contributed by atoms with Crippen molar-refractivity contribution in [3.8, 4) is 6.07 Å². The van der Waals surface area contributed by atoms with Crippen molar-refractivity contribution in [2.24, 2.45) is 0 Å². The van der Waals surface area contributed by atoms with Gasteiger partial charge in [-0.1, -0.05) is 12.1 Å². The maximum Gasteiger partial charge on any atom is 0.306 e. The summed E-state index contributed by atoms with van der Waals surface area (Å²) in [6, 6.07) is 6.81. The normalized spacial score (nSPS) is 10.6. The minimum atomic E-state index is -3.69. The number of esters is 1. The average molecular weight is 282 g/mol. The van der Waals surface area contributed by atoms with E-state index in [9.17, 15) is 13.2 Å². The zero-order valence-corrected chi connectivity index (χ0v) is 11.5. The number of nitrogens with zero attached hydrogens (tertiary/aromatic N) is 1. The van der Waals surface area contributed by atoms with E-state index in [2.05, 4.69) is 9.46 Å². The van der Waals surface area contributed by atoms with Crippen molar-refractivity contribution in [1.29, 1.82) is 5.26 Å². The highest BCUT2D eigenvalue weighted by Gasteiger charge is 2.16. The zero-order valence-electron chi connectivity index (χ0n) is 10.6. The smallest absolute Gasteiger partial charge is 0.306 e. The molecule has 0 aromatic heterocycles. The van der Waals surface area contributed by atoms with Gasteiger partial charge < -0.3 is 4.74 Å². The predicted octanol–water partition coefficient (Wildman–Crippen LogP) is 1.17. The van der Waals surface area contributed by atoms with Crippen LogP contribution in [0.5, 0.6) is 0 Å². The number of aryl methyl sites for hydroxylation is 1. The topological polar surface area (TPSA) is 96.3 Å². The van der Waals surface area contributed by atoms with Crippen molar-refractivity contribution < 1.29 is 17.9 Å². The molecule has 6 nitrogen and oxygen atoms in total. The molecule has 19 heavy (non-hydrogen) atoms. The first kappa shape index (κ1) is 15.0. The lowest BCUT2D eigenvalue weighted by Gasteiger charge is -2.10. The van der Waals surface area contributed by atoms with Crippen LogP contribution in [0.3, 0.4) is 0 Å². The molecule has 0 aliphatic heterocycles. The molecule has 102 valence electrons. The highest BCUT2D eigenvalue weighted by atomic mass is 32.2. The number of carbonyl (C=O) groups is 1. The van der Waals surface area contributed by atoms with E-state index in [1.165, 1.54) is 13.2 Å². The Balaban J connectivity index is 2.88. The number of nitriles is 1. The molecular formula is C12H14N2O4S. The molecule has 1 aromatic rings. The fourth-order valence-electron chi connectivity index (χ4n) is 1.44. The van der Waals surface area contributed by atoms with E-state index in [0.717, 1.165) is 0 Å². The Bertz CT molecular complexity index is 617. The Kier molecular flexibility index (Phi) is 4.89. The highest BCUT2D eigenvalue weighted by Crippen LogP contribution is 2.19. The number of hydrogen-bond acceptors (Lipinski definition) is 5. The summed E-state index contributed by atoms with van der Waals surface area (Å²) in [5.41, 5.74) is 1.16. The summed E-state index contributed by atoms with van der Waals surface area (Å²) in [5.74, 6) is -0.992. The van der Waals surface area contributed by atoms with Gasteiger partial charge in [-0.2, -0.15) is 5.26 Å². The van der Waals surface area contributed by atoms with Crippen LogP contribution in [0, 0.1) is 18.3 Å². The van der Waals surface area contributed by atoms with Crippen LogP contribution < -0.4 is 4.72 Å². The fraction of sp³-hybridized carbons (Fsp3) is 0.333. The quantitative estimate of drug-likeness (QED) is 0.818. The Morgan fingerprint density at radius 3 is 2.74 bits per heavy atom. The maximum absolute atomic E-state index is 11.8. The molecular weight excluding hydrogens is 268 g/mol. The minimum Gasteiger partial charge on any atom is -0.469 e. The van der Waals surface area contributed by atoms with Gasteiger partial charge >= 0.3 is 5.97 Å². The third kappa shape index (κ3) is 4.26. The molecule has 0 bridgehead atoms. The van der Waals surface area contributed by atoms with Crippen molar-refractivity contribution in [3.05, 3.63) is 29.3 Å².